The molecule has 0 aliphatic carbocycles. The van der Waals surface area contributed by atoms with Gasteiger partial charge < -0.3 is 5.11 Å². The summed E-state index contributed by atoms with van der Waals surface area (Å²) >= 11 is 7.20. The SMILES string of the molecule is Cc1ncc(C(O)Cc2cc(Cl)ccc2F)s1. The van der Waals surface area contributed by atoms with Crippen molar-refractivity contribution in [3.8, 4) is 0 Å². The summed E-state index contributed by atoms with van der Waals surface area (Å²) in [6.45, 7) is 1.86. The molecule has 0 spiro atoms. The summed E-state index contributed by atoms with van der Waals surface area (Å²) in [5.41, 5.74) is 0.413. The summed E-state index contributed by atoms with van der Waals surface area (Å²) in [6, 6.07) is 4.33. The van der Waals surface area contributed by atoms with E-state index in [4.69, 9.17) is 11.6 Å². The maximum atomic E-state index is 13.5. The van der Waals surface area contributed by atoms with Crippen LogP contribution in [0, 0.1) is 12.7 Å². The van der Waals surface area contributed by atoms with Crippen molar-refractivity contribution in [3.63, 3.8) is 0 Å². The average Bonchev–Trinajstić information content (AvgIpc) is 2.70. The van der Waals surface area contributed by atoms with Crippen molar-refractivity contribution in [1.82, 2.24) is 4.98 Å². The van der Waals surface area contributed by atoms with E-state index in [2.05, 4.69) is 4.98 Å². The van der Waals surface area contributed by atoms with E-state index in [1.165, 1.54) is 29.5 Å². The van der Waals surface area contributed by atoms with Crippen LogP contribution in [0.4, 0.5) is 4.39 Å². The third kappa shape index (κ3) is 3.03. The highest BCUT2D eigenvalue weighted by molar-refractivity contribution is 7.11. The van der Waals surface area contributed by atoms with Gasteiger partial charge in [0, 0.05) is 17.6 Å². The largest absolute Gasteiger partial charge is 0.387 e. The molecule has 0 saturated heterocycles. The first-order valence-corrected chi connectivity index (χ1v) is 6.30. The number of aryl methyl sites for hydroxylation is 1. The molecule has 2 aromatic rings. The van der Waals surface area contributed by atoms with Gasteiger partial charge in [-0.2, -0.15) is 0 Å². The predicted octanol–water partition coefficient (Wildman–Crippen LogP) is 3.52. The summed E-state index contributed by atoms with van der Waals surface area (Å²) in [4.78, 5) is 4.80. The topological polar surface area (TPSA) is 33.1 Å². The molecule has 5 heteroatoms. The number of rotatable bonds is 3. The lowest BCUT2D eigenvalue weighted by molar-refractivity contribution is 0.180. The normalized spacial score (nSPS) is 12.7. The van der Waals surface area contributed by atoms with E-state index in [1.54, 1.807) is 6.20 Å². The van der Waals surface area contributed by atoms with Gasteiger partial charge in [-0.3, -0.25) is 0 Å². The Morgan fingerprint density at radius 1 is 1.53 bits per heavy atom. The van der Waals surface area contributed by atoms with E-state index in [-0.39, 0.29) is 12.2 Å². The maximum Gasteiger partial charge on any atom is 0.126 e. The summed E-state index contributed by atoms with van der Waals surface area (Å²) in [5.74, 6) is -0.352. The molecule has 1 aromatic heterocycles. The molecule has 0 aliphatic rings. The molecule has 0 fully saturated rings. The van der Waals surface area contributed by atoms with Gasteiger partial charge in [-0.15, -0.1) is 11.3 Å². The molecule has 0 bridgehead atoms. The van der Waals surface area contributed by atoms with E-state index >= 15 is 0 Å². The highest BCUT2D eigenvalue weighted by Crippen LogP contribution is 2.25. The van der Waals surface area contributed by atoms with Crippen molar-refractivity contribution in [2.45, 2.75) is 19.4 Å². The van der Waals surface area contributed by atoms with Crippen molar-refractivity contribution >= 4 is 22.9 Å². The van der Waals surface area contributed by atoms with Crippen molar-refractivity contribution in [2.75, 3.05) is 0 Å². The quantitative estimate of drug-likeness (QED) is 0.927. The molecule has 1 N–H and O–H groups in total. The standard InChI is InChI=1S/C12H11ClFNOS/c1-7-15-6-12(17-7)11(16)5-8-4-9(13)2-3-10(8)14/h2-4,6,11,16H,5H2,1H3. The Hall–Kier alpha value is -0.970. The minimum Gasteiger partial charge on any atom is -0.387 e. The van der Waals surface area contributed by atoms with Gasteiger partial charge in [0.2, 0.25) is 0 Å². The maximum absolute atomic E-state index is 13.5. The highest BCUT2D eigenvalue weighted by Gasteiger charge is 2.14. The van der Waals surface area contributed by atoms with Crippen LogP contribution in [0.2, 0.25) is 5.02 Å². The van der Waals surface area contributed by atoms with Crippen LogP contribution in [-0.2, 0) is 6.42 Å². The molecule has 17 heavy (non-hydrogen) atoms. The number of thiazole rings is 1. The number of nitrogens with zero attached hydrogens (tertiary/aromatic N) is 1. The van der Waals surface area contributed by atoms with Gasteiger partial charge in [0.05, 0.1) is 16.0 Å². The van der Waals surface area contributed by atoms with Crippen molar-refractivity contribution in [2.24, 2.45) is 0 Å². The molecular weight excluding hydrogens is 261 g/mol. The first-order valence-electron chi connectivity index (χ1n) is 5.10. The Morgan fingerprint density at radius 3 is 2.94 bits per heavy atom. The molecule has 2 rings (SSSR count). The van der Waals surface area contributed by atoms with Crippen LogP contribution in [0.5, 0.6) is 0 Å². The minimum absolute atomic E-state index is 0.202. The van der Waals surface area contributed by atoms with Crippen molar-refractivity contribution in [3.05, 3.63) is 50.7 Å². The summed E-state index contributed by atoms with van der Waals surface area (Å²) in [5, 5.41) is 11.3. The average molecular weight is 272 g/mol. The van der Waals surface area contributed by atoms with Gasteiger partial charge in [0.15, 0.2) is 0 Å². The molecule has 0 aliphatic heterocycles. The van der Waals surface area contributed by atoms with Crippen LogP contribution < -0.4 is 0 Å². The number of aliphatic hydroxyl groups is 1. The lowest BCUT2D eigenvalue weighted by Crippen LogP contribution is -2.01. The fourth-order valence-electron chi connectivity index (χ4n) is 1.54. The van der Waals surface area contributed by atoms with Gasteiger partial charge in [-0.25, -0.2) is 9.37 Å². The van der Waals surface area contributed by atoms with E-state index < -0.39 is 6.10 Å². The van der Waals surface area contributed by atoms with Gasteiger partial charge in [-0.1, -0.05) is 11.6 Å². The van der Waals surface area contributed by atoms with Gasteiger partial charge in [0.1, 0.15) is 5.82 Å². The zero-order valence-electron chi connectivity index (χ0n) is 9.15. The molecular formula is C12H11ClFNOS. The van der Waals surface area contributed by atoms with E-state index in [1.807, 2.05) is 6.92 Å². The lowest BCUT2D eigenvalue weighted by Gasteiger charge is -2.09. The fourth-order valence-corrected chi connectivity index (χ4v) is 2.51. The number of hydrogen-bond acceptors (Lipinski definition) is 3. The molecule has 0 saturated carbocycles. The van der Waals surface area contributed by atoms with Gasteiger partial charge in [0.25, 0.3) is 0 Å². The zero-order valence-corrected chi connectivity index (χ0v) is 10.7. The number of halogens is 2. The summed E-state index contributed by atoms with van der Waals surface area (Å²) in [6.07, 6.45) is 1.08. The molecule has 0 radical (unpaired) electrons. The molecule has 1 heterocycles. The first-order chi connectivity index (χ1) is 8.06. The molecule has 2 nitrogen and oxygen atoms in total. The predicted molar refractivity (Wildman–Crippen MR) is 66.9 cm³/mol. The van der Waals surface area contributed by atoms with Crippen LogP contribution in [0.25, 0.3) is 0 Å². The van der Waals surface area contributed by atoms with Gasteiger partial charge >= 0.3 is 0 Å². The van der Waals surface area contributed by atoms with Crippen LogP contribution >= 0.6 is 22.9 Å². The third-order valence-electron chi connectivity index (χ3n) is 2.39. The lowest BCUT2D eigenvalue weighted by atomic mass is 10.1. The summed E-state index contributed by atoms with van der Waals surface area (Å²) < 4.78 is 13.5. The van der Waals surface area contributed by atoms with Crippen LogP contribution in [0.3, 0.4) is 0 Å². The first kappa shape index (κ1) is 12.5. The van der Waals surface area contributed by atoms with E-state index in [9.17, 15) is 9.50 Å². The zero-order chi connectivity index (χ0) is 12.4. The monoisotopic (exact) mass is 271 g/mol. The van der Waals surface area contributed by atoms with Gasteiger partial charge in [-0.05, 0) is 30.7 Å². The molecule has 90 valence electrons. The third-order valence-corrected chi connectivity index (χ3v) is 3.64. The van der Waals surface area contributed by atoms with Crippen molar-refractivity contribution in [1.29, 1.82) is 0 Å². The van der Waals surface area contributed by atoms with E-state index in [0.29, 0.717) is 10.6 Å². The number of benzene rings is 1. The molecule has 1 unspecified atom stereocenters. The minimum atomic E-state index is -0.742. The Bertz CT molecular complexity index is 529. The van der Waals surface area contributed by atoms with Crippen molar-refractivity contribution < 1.29 is 9.50 Å². The second kappa shape index (κ2) is 5.12. The van der Waals surface area contributed by atoms with Crippen LogP contribution in [-0.4, -0.2) is 10.1 Å². The molecule has 1 atom stereocenters. The Morgan fingerprint density at radius 2 is 2.29 bits per heavy atom. The second-order valence-electron chi connectivity index (χ2n) is 3.74. The smallest absolute Gasteiger partial charge is 0.126 e. The Labute approximate surface area is 108 Å². The number of aliphatic hydroxyl groups excluding tert-OH is 1. The Kier molecular flexibility index (Phi) is 3.76. The number of aromatic nitrogens is 1. The van der Waals surface area contributed by atoms with Crippen LogP contribution in [0.15, 0.2) is 24.4 Å². The van der Waals surface area contributed by atoms with Crippen LogP contribution in [0.1, 0.15) is 21.6 Å². The Balaban J connectivity index is 2.18. The second-order valence-corrected chi connectivity index (χ2v) is 5.44. The number of hydrogen-bond donors (Lipinski definition) is 1. The summed E-state index contributed by atoms with van der Waals surface area (Å²) in [7, 11) is 0. The fraction of sp³-hybridized carbons (Fsp3) is 0.250. The van der Waals surface area contributed by atoms with E-state index in [0.717, 1.165) is 9.88 Å². The highest BCUT2D eigenvalue weighted by atomic mass is 35.5. The molecule has 1 aromatic carbocycles. The molecule has 0 amide bonds.